The van der Waals surface area contributed by atoms with Gasteiger partial charge in [0, 0.05) is 10.6 Å². The van der Waals surface area contributed by atoms with E-state index in [0.29, 0.717) is 5.56 Å². The summed E-state index contributed by atoms with van der Waals surface area (Å²) in [7, 11) is -2.29. The van der Waals surface area contributed by atoms with Gasteiger partial charge in [-0.1, -0.05) is 12.1 Å². The van der Waals surface area contributed by atoms with Crippen LogP contribution in [0.1, 0.15) is 5.56 Å². The fraction of sp³-hybridized carbons (Fsp3) is 0.300. The average molecular weight is 384 g/mol. The molecule has 0 aliphatic carbocycles. The van der Waals surface area contributed by atoms with E-state index in [4.69, 9.17) is 5.21 Å². The Balaban J connectivity index is 2.78. The molecule has 18 heavy (non-hydrogen) atoms. The second-order valence-electron chi connectivity index (χ2n) is 3.68. The number of nitrogens with one attached hydrogen (secondary N) is 1. The van der Waals surface area contributed by atoms with Crippen molar-refractivity contribution in [2.45, 2.75) is 5.75 Å². The topological polar surface area (TPSA) is 86.7 Å². The lowest BCUT2D eigenvalue weighted by Crippen LogP contribution is -2.37. The zero-order valence-corrected chi connectivity index (χ0v) is 12.6. The summed E-state index contributed by atoms with van der Waals surface area (Å²) in [5.41, 5.74) is 2.05. The van der Waals surface area contributed by atoms with Crippen molar-refractivity contribution < 1.29 is 18.4 Å². The van der Waals surface area contributed by atoms with Crippen molar-refractivity contribution in [3.05, 3.63) is 33.4 Å². The van der Waals surface area contributed by atoms with Crippen LogP contribution in [-0.2, 0) is 20.6 Å². The van der Waals surface area contributed by atoms with Gasteiger partial charge in [-0.15, -0.1) is 0 Å². The monoisotopic (exact) mass is 384 g/mol. The van der Waals surface area contributed by atoms with Crippen LogP contribution in [-0.4, -0.2) is 37.4 Å². The van der Waals surface area contributed by atoms with Gasteiger partial charge in [0.1, 0.15) is 0 Å². The standard InChI is InChI=1S/C10H13IN2O4S/c1-13(6-10(14)12-15)18(16,17)7-8-3-2-4-9(11)5-8/h2-5,15H,6-7H2,1H3,(H,12,14). The normalized spacial score (nSPS) is 11.6. The molecule has 0 aromatic heterocycles. The van der Waals surface area contributed by atoms with Crippen LogP contribution in [0.25, 0.3) is 0 Å². The molecule has 100 valence electrons. The summed E-state index contributed by atoms with van der Waals surface area (Å²) in [6.45, 7) is -0.414. The molecule has 0 radical (unpaired) electrons. The Morgan fingerprint density at radius 1 is 1.50 bits per heavy atom. The largest absolute Gasteiger partial charge is 0.289 e. The summed E-state index contributed by atoms with van der Waals surface area (Å²) in [4.78, 5) is 10.9. The number of hydroxylamine groups is 1. The first-order valence-corrected chi connectivity index (χ1v) is 7.65. The molecule has 1 rings (SSSR count). The second kappa shape index (κ2) is 6.45. The van der Waals surface area contributed by atoms with Gasteiger partial charge in [-0.25, -0.2) is 13.9 Å². The maximum absolute atomic E-state index is 11.9. The van der Waals surface area contributed by atoms with Gasteiger partial charge in [-0.05, 0) is 40.3 Å². The molecule has 1 aromatic rings. The molecule has 6 nitrogen and oxygen atoms in total. The molecule has 1 aromatic carbocycles. The molecule has 0 heterocycles. The van der Waals surface area contributed by atoms with E-state index in [-0.39, 0.29) is 5.75 Å². The third kappa shape index (κ3) is 4.52. The van der Waals surface area contributed by atoms with Gasteiger partial charge in [0.2, 0.25) is 10.0 Å². The van der Waals surface area contributed by atoms with Crippen LogP contribution in [0.4, 0.5) is 0 Å². The van der Waals surface area contributed by atoms with Gasteiger partial charge in [-0.3, -0.25) is 10.0 Å². The number of hydrogen-bond donors (Lipinski definition) is 2. The summed E-state index contributed by atoms with van der Waals surface area (Å²) >= 11 is 2.09. The smallest absolute Gasteiger partial charge is 0.258 e. The Hall–Kier alpha value is -0.710. The second-order valence-corrected chi connectivity index (χ2v) is 7.00. The minimum Gasteiger partial charge on any atom is -0.289 e. The quantitative estimate of drug-likeness (QED) is 0.441. The lowest BCUT2D eigenvalue weighted by atomic mass is 10.2. The molecule has 0 bridgehead atoms. The first-order valence-electron chi connectivity index (χ1n) is 4.96. The molecule has 2 N–H and O–H groups in total. The first kappa shape index (κ1) is 15.3. The highest BCUT2D eigenvalue weighted by Gasteiger charge is 2.20. The highest BCUT2D eigenvalue weighted by molar-refractivity contribution is 14.1. The molecule has 0 unspecified atom stereocenters. The van der Waals surface area contributed by atoms with Crippen LogP contribution in [0.15, 0.2) is 24.3 Å². The third-order valence-corrected chi connectivity index (χ3v) is 4.65. The number of rotatable bonds is 5. The molecule has 0 saturated heterocycles. The van der Waals surface area contributed by atoms with Crippen molar-refractivity contribution in [1.82, 2.24) is 9.79 Å². The number of carbonyl (C=O) groups excluding carboxylic acids is 1. The van der Waals surface area contributed by atoms with E-state index < -0.39 is 22.5 Å². The predicted octanol–water partition coefficient (Wildman–Crippen LogP) is 0.558. The van der Waals surface area contributed by atoms with Crippen molar-refractivity contribution in [1.29, 1.82) is 0 Å². The molecule has 0 atom stereocenters. The lowest BCUT2D eigenvalue weighted by Gasteiger charge is -2.15. The van der Waals surface area contributed by atoms with Crippen molar-refractivity contribution >= 4 is 38.5 Å². The van der Waals surface area contributed by atoms with Gasteiger partial charge in [-0.2, -0.15) is 4.31 Å². The van der Waals surface area contributed by atoms with Crippen LogP contribution >= 0.6 is 22.6 Å². The van der Waals surface area contributed by atoms with E-state index in [0.717, 1.165) is 7.88 Å². The molecular weight excluding hydrogens is 371 g/mol. The van der Waals surface area contributed by atoms with E-state index in [9.17, 15) is 13.2 Å². The van der Waals surface area contributed by atoms with Gasteiger partial charge in [0.15, 0.2) is 0 Å². The number of halogens is 1. The van der Waals surface area contributed by atoms with E-state index in [1.54, 1.807) is 18.2 Å². The number of carbonyl (C=O) groups is 1. The average Bonchev–Trinajstić information content (AvgIpc) is 2.28. The van der Waals surface area contributed by atoms with Crippen molar-refractivity contribution in [3.8, 4) is 0 Å². The molecule has 0 aliphatic rings. The number of hydrogen-bond acceptors (Lipinski definition) is 4. The van der Waals surface area contributed by atoms with E-state index in [2.05, 4.69) is 22.6 Å². The third-order valence-electron chi connectivity index (χ3n) is 2.20. The zero-order chi connectivity index (χ0) is 13.8. The minimum absolute atomic E-state index is 0.181. The molecule has 8 heteroatoms. The highest BCUT2D eigenvalue weighted by atomic mass is 127. The first-order chi connectivity index (χ1) is 8.35. The van der Waals surface area contributed by atoms with Crippen LogP contribution in [0.3, 0.4) is 0 Å². The number of benzene rings is 1. The van der Waals surface area contributed by atoms with E-state index in [1.165, 1.54) is 12.5 Å². The van der Waals surface area contributed by atoms with Crippen LogP contribution in [0.2, 0.25) is 0 Å². The summed E-state index contributed by atoms with van der Waals surface area (Å²) in [6.07, 6.45) is 0. The van der Waals surface area contributed by atoms with Crippen molar-refractivity contribution in [2.24, 2.45) is 0 Å². The fourth-order valence-electron chi connectivity index (χ4n) is 1.28. The minimum atomic E-state index is -3.58. The Morgan fingerprint density at radius 3 is 2.72 bits per heavy atom. The Labute approximate surface area is 119 Å². The van der Waals surface area contributed by atoms with Crippen LogP contribution < -0.4 is 5.48 Å². The molecule has 0 spiro atoms. The number of amides is 1. The Bertz CT molecular complexity index is 532. The lowest BCUT2D eigenvalue weighted by molar-refractivity contribution is -0.129. The van der Waals surface area contributed by atoms with Crippen LogP contribution in [0, 0.1) is 3.57 Å². The maximum atomic E-state index is 11.9. The van der Waals surface area contributed by atoms with E-state index >= 15 is 0 Å². The van der Waals surface area contributed by atoms with Crippen molar-refractivity contribution in [3.63, 3.8) is 0 Å². The SMILES string of the molecule is CN(CC(=O)NO)S(=O)(=O)Cc1cccc(I)c1. The summed E-state index contributed by atoms with van der Waals surface area (Å²) < 4.78 is 25.7. The summed E-state index contributed by atoms with van der Waals surface area (Å²) in [6, 6.07) is 7.10. The Morgan fingerprint density at radius 2 is 2.17 bits per heavy atom. The molecule has 0 aliphatic heterocycles. The van der Waals surface area contributed by atoms with Gasteiger partial charge in [0.25, 0.3) is 5.91 Å². The summed E-state index contributed by atoms with van der Waals surface area (Å²) in [5, 5.41) is 8.35. The number of nitrogens with zero attached hydrogens (tertiary/aromatic N) is 1. The van der Waals surface area contributed by atoms with Crippen molar-refractivity contribution in [2.75, 3.05) is 13.6 Å². The predicted molar refractivity (Wildman–Crippen MR) is 74.3 cm³/mol. The molecular formula is C10H13IN2O4S. The van der Waals surface area contributed by atoms with Gasteiger partial charge >= 0.3 is 0 Å². The van der Waals surface area contributed by atoms with Crippen LogP contribution in [0.5, 0.6) is 0 Å². The molecule has 0 fully saturated rings. The van der Waals surface area contributed by atoms with Gasteiger partial charge in [0.05, 0.1) is 12.3 Å². The fourth-order valence-corrected chi connectivity index (χ4v) is 3.03. The molecule has 0 saturated carbocycles. The Kier molecular flexibility index (Phi) is 5.50. The number of sulfonamides is 1. The maximum Gasteiger partial charge on any atom is 0.258 e. The van der Waals surface area contributed by atoms with Gasteiger partial charge < -0.3 is 0 Å². The molecule has 1 amide bonds. The van der Waals surface area contributed by atoms with E-state index in [1.807, 2.05) is 6.07 Å². The summed E-state index contributed by atoms with van der Waals surface area (Å²) in [5.74, 6) is -0.956. The number of likely N-dealkylation sites (N-methyl/N-ethyl adjacent to an activating group) is 1. The zero-order valence-electron chi connectivity index (χ0n) is 9.63. The highest BCUT2D eigenvalue weighted by Crippen LogP contribution is 2.12.